The molecular weight excluding hydrogens is 332 g/mol. The summed E-state index contributed by atoms with van der Waals surface area (Å²) in [6.07, 6.45) is 2.92. The van der Waals surface area contributed by atoms with E-state index >= 15 is 0 Å². The molecule has 1 aromatic carbocycles. The summed E-state index contributed by atoms with van der Waals surface area (Å²) in [4.78, 5) is 30.1. The molecule has 1 fully saturated rings. The molecular formula is C21H28O5. The molecule has 2 aliphatic carbocycles. The van der Waals surface area contributed by atoms with Crippen LogP contribution in [0.5, 0.6) is 0 Å². The van der Waals surface area contributed by atoms with Crippen molar-refractivity contribution in [3.05, 3.63) is 34.9 Å². The molecule has 5 heteroatoms. The van der Waals surface area contributed by atoms with Gasteiger partial charge in [0.1, 0.15) is 5.60 Å². The van der Waals surface area contributed by atoms with Crippen LogP contribution in [-0.2, 0) is 25.4 Å². The van der Waals surface area contributed by atoms with Gasteiger partial charge in [-0.2, -0.15) is 0 Å². The highest BCUT2D eigenvalue weighted by molar-refractivity contribution is 6.00. The summed E-state index contributed by atoms with van der Waals surface area (Å²) in [5, 5.41) is 9.18. The van der Waals surface area contributed by atoms with E-state index in [0.717, 1.165) is 30.4 Å². The van der Waals surface area contributed by atoms with Crippen LogP contribution in [0.3, 0.4) is 0 Å². The zero-order chi connectivity index (χ0) is 19.3. The largest absolute Gasteiger partial charge is 0.469 e. The molecule has 3 atom stereocenters. The number of carbonyl (C=O) groups is 2. The van der Waals surface area contributed by atoms with Gasteiger partial charge in [-0.15, -0.1) is 0 Å². The lowest BCUT2D eigenvalue weighted by Gasteiger charge is -2.53. The van der Waals surface area contributed by atoms with Crippen molar-refractivity contribution in [2.45, 2.75) is 64.4 Å². The number of carbonyl (C=O) groups excluding carboxylic acids is 2. The van der Waals surface area contributed by atoms with Crippen molar-refractivity contribution in [3.63, 3.8) is 0 Å². The van der Waals surface area contributed by atoms with Crippen LogP contribution in [0.25, 0.3) is 0 Å². The Morgan fingerprint density at radius 1 is 1.27 bits per heavy atom. The van der Waals surface area contributed by atoms with E-state index in [9.17, 15) is 14.8 Å². The summed E-state index contributed by atoms with van der Waals surface area (Å²) in [5.41, 5.74) is 0.626. The summed E-state index contributed by atoms with van der Waals surface area (Å²) in [6.45, 7) is 7.61. The number of hydrogen-bond donors (Lipinski definition) is 1. The second kappa shape index (κ2) is 6.17. The fourth-order valence-corrected chi connectivity index (χ4v) is 5.12. The van der Waals surface area contributed by atoms with Gasteiger partial charge in [0.05, 0.1) is 12.5 Å². The van der Waals surface area contributed by atoms with Crippen LogP contribution in [0.2, 0.25) is 0 Å². The van der Waals surface area contributed by atoms with Crippen molar-refractivity contribution in [2.75, 3.05) is 7.11 Å². The minimum Gasteiger partial charge on any atom is -0.469 e. The van der Waals surface area contributed by atoms with Crippen LogP contribution in [-0.4, -0.2) is 24.1 Å². The maximum absolute atomic E-state index is 13.0. The third-order valence-corrected chi connectivity index (χ3v) is 6.83. The first-order valence-electron chi connectivity index (χ1n) is 9.19. The van der Waals surface area contributed by atoms with Crippen molar-refractivity contribution in [3.8, 4) is 0 Å². The number of methoxy groups -OCH3 is 1. The van der Waals surface area contributed by atoms with Gasteiger partial charge in [-0.1, -0.05) is 25.5 Å². The number of hydrogen-bond acceptors (Lipinski definition) is 5. The molecule has 142 valence electrons. The molecule has 1 aromatic rings. The predicted molar refractivity (Wildman–Crippen MR) is 96.9 cm³/mol. The number of rotatable bonds is 3. The molecule has 0 radical (unpaired) electrons. The minimum absolute atomic E-state index is 0.0371. The van der Waals surface area contributed by atoms with Crippen molar-refractivity contribution >= 4 is 11.8 Å². The van der Waals surface area contributed by atoms with Crippen molar-refractivity contribution < 1.29 is 24.5 Å². The highest BCUT2D eigenvalue weighted by atomic mass is 17.1. The average molecular weight is 360 g/mol. The van der Waals surface area contributed by atoms with E-state index in [1.807, 2.05) is 25.1 Å². The molecule has 1 N–H and O–H groups in total. The van der Waals surface area contributed by atoms with Gasteiger partial charge >= 0.3 is 5.97 Å². The van der Waals surface area contributed by atoms with Gasteiger partial charge < -0.3 is 4.74 Å². The van der Waals surface area contributed by atoms with Crippen LogP contribution in [0.1, 0.15) is 74.9 Å². The maximum atomic E-state index is 13.0. The summed E-state index contributed by atoms with van der Waals surface area (Å²) in [5.74, 6) is -0.268. The minimum atomic E-state index is -0.889. The van der Waals surface area contributed by atoms with Gasteiger partial charge in [0, 0.05) is 12.0 Å². The SMILES string of the molecule is COC(=O)[C@]1(C)CCC[C@]2(C)c3ccc(C(C)(C)OO)cc3C(=O)C[C@@H]12. The van der Waals surface area contributed by atoms with Crippen LogP contribution < -0.4 is 0 Å². The van der Waals surface area contributed by atoms with E-state index in [-0.39, 0.29) is 23.1 Å². The molecule has 26 heavy (non-hydrogen) atoms. The Morgan fingerprint density at radius 2 is 1.96 bits per heavy atom. The van der Waals surface area contributed by atoms with E-state index in [0.29, 0.717) is 12.0 Å². The van der Waals surface area contributed by atoms with Crippen LogP contribution in [0.4, 0.5) is 0 Å². The van der Waals surface area contributed by atoms with E-state index in [2.05, 4.69) is 11.8 Å². The number of benzene rings is 1. The number of ketones is 1. The number of ether oxygens (including phenoxy) is 1. The smallest absolute Gasteiger partial charge is 0.311 e. The molecule has 2 aliphatic rings. The number of Topliss-reactive ketones (excluding diaryl/α,β-unsaturated/α-hetero) is 1. The third-order valence-electron chi connectivity index (χ3n) is 6.83. The Hall–Kier alpha value is -1.72. The van der Waals surface area contributed by atoms with Gasteiger partial charge in [0.2, 0.25) is 0 Å². The Kier molecular flexibility index (Phi) is 4.52. The second-order valence-corrected chi connectivity index (χ2v) is 8.72. The molecule has 0 unspecified atom stereocenters. The highest BCUT2D eigenvalue weighted by Crippen LogP contribution is 2.57. The lowest BCUT2D eigenvalue weighted by molar-refractivity contribution is -0.318. The quantitative estimate of drug-likeness (QED) is 0.496. The van der Waals surface area contributed by atoms with E-state index in [1.165, 1.54) is 7.11 Å². The third kappa shape index (κ3) is 2.60. The molecule has 0 aromatic heterocycles. The zero-order valence-electron chi connectivity index (χ0n) is 16.2. The Balaban J connectivity index is 2.13. The lowest BCUT2D eigenvalue weighted by Crippen LogP contribution is -2.53. The first kappa shape index (κ1) is 19.1. The van der Waals surface area contributed by atoms with Gasteiger partial charge in [0.25, 0.3) is 0 Å². The fourth-order valence-electron chi connectivity index (χ4n) is 5.12. The van der Waals surface area contributed by atoms with Gasteiger partial charge in [-0.05, 0) is 62.1 Å². The molecule has 0 amide bonds. The van der Waals surface area contributed by atoms with Gasteiger partial charge in [-0.3, -0.25) is 14.8 Å². The van der Waals surface area contributed by atoms with Crippen LogP contribution in [0.15, 0.2) is 18.2 Å². The van der Waals surface area contributed by atoms with E-state index in [1.54, 1.807) is 13.8 Å². The van der Waals surface area contributed by atoms with Crippen molar-refractivity contribution in [1.82, 2.24) is 0 Å². The standard InChI is InChI=1S/C21H28O5/c1-19(2,26-24)13-7-8-15-14(11-13)16(22)12-17-20(15,3)9-6-10-21(17,4)18(23)25-5/h7-8,11,17,24H,6,9-10,12H2,1-5H3/t17-,20-,21-/m1/s1. The van der Waals surface area contributed by atoms with Gasteiger partial charge in [-0.25, -0.2) is 4.89 Å². The summed E-state index contributed by atoms with van der Waals surface area (Å²) in [6, 6.07) is 5.71. The predicted octanol–water partition coefficient (Wildman–Crippen LogP) is 4.23. The topological polar surface area (TPSA) is 72.8 Å². The monoisotopic (exact) mass is 360 g/mol. The van der Waals surface area contributed by atoms with Crippen molar-refractivity contribution in [1.29, 1.82) is 0 Å². The summed E-state index contributed by atoms with van der Waals surface area (Å²) < 4.78 is 5.09. The Bertz CT molecular complexity index is 753. The fraction of sp³-hybridized carbons (Fsp3) is 0.619. The van der Waals surface area contributed by atoms with Gasteiger partial charge in [0.15, 0.2) is 5.78 Å². The lowest BCUT2D eigenvalue weighted by atomic mass is 9.49. The van der Waals surface area contributed by atoms with Crippen LogP contribution >= 0.6 is 0 Å². The molecule has 1 saturated carbocycles. The number of esters is 1. The maximum Gasteiger partial charge on any atom is 0.311 e. The molecule has 0 bridgehead atoms. The van der Waals surface area contributed by atoms with E-state index < -0.39 is 11.0 Å². The summed E-state index contributed by atoms with van der Waals surface area (Å²) in [7, 11) is 1.42. The molecule has 0 saturated heterocycles. The van der Waals surface area contributed by atoms with E-state index in [4.69, 9.17) is 4.74 Å². The molecule has 5 nitrogen and oxygen atoms in total. The molecule has 0 heterocycles. The first-order valence-corrected chi connectivity index (χ1v) is 9.19. The molecule has 0 aliphatic heterocycles. The van der Waals surface area contributed by atoms with Crippen LogP contribution in [0, 0.1) is 11.3 Å². The second-order valence-electron chi connectivity index (χ2n) is 8.72. The zero-order valence-corrected chi connectivity index (χ0v) is 16.2. The summed E-state index contributed by atoms with van der Waals surface area (Å²) >= 11 is 0. The number of fused-ring (bicyclic) bond motifs is 3. The Morgan fingerprint density at radius 3 is 2.58 bits per heavy atom. The normalized spacial score (nSPS) is 31.2. The Labute approximate surface area is 154 Å². The molecule has 3 rings (SSSR count). The molecule has 0 spiro atoms. The van der Waals surface area contributed by atoms with Crippen molar-refractivity contribution in [2.24, 2.45) is 11.3 Å². The first-order chi connectivity index (χ1) is 12.1. The average Bonchev–Trinajstić information content (AvgIpc) is 2.62. The highest BCUT2D eigenvalue weighted by Gasteiger charge is 2.57.